The minimum atomic E-state index is -0.195. The van der Waals surface area contributed by atoms with Crippen LogP contribution in [0.15, 0.2) is 17.9 Å². The average molecular weight is 212 g/mol. The van der Waals surface area contributed by atoms with E-state index < -0.39 is 0 Å². The number of nitrogens with two attached hydrogens (primary N) is 1. The minimum Gasteiger partial charge on any atom is -0.496 e. The van der Waals surface area contributed by atoms with Crippen molar-refractivity contribution in [1.82, 2.24) is 4.37 Å². The third kappa shape index (κ3) is 1.73. The quantitative estimate of drug-likeness (QED) is 0.824. The second-order valence-corrected chi connectivity index (χ2v) is 3.83. The van der Waals surface area contributed by atoms with Crippen LogP contribution in [-0.4, -0.2) is 18.1 Å². The lowest BCUT2D eigenvalue weighted by Gasteiger charge is -2.09. The Morgan fingerprint density at radius 2 is 2.57 bits per heavy atom. The van der Waals surface area contributed by atoms with E-state index in [4.69, 9.17) is 15.2 Å². The van der Waals surface area contributed by atoms with E-state index in [0.29, 0.717) is 5.88 Å². The summed E-state index contributed by atoms with van der Waals surface area (Å²) in [6.45, 7) is 0.735. The van der Waals surface area contributed by atoms with Gasteiger partial charge < -0.3 is 15.2 Å². The fourth-order valence-electron chi connectivity index (χ4n) is 1.31. The van der Waals surface area contributed by atoms with E-state index in [9.17, 15) is 0 Å². The molecule has 0 amide bonds. The molecule has 0 fully saturated rings. The van der Waals surface area contributed by atoms with E-state index in [2.05, 4.69) is 4.37 Å². The molecule has 1 aliphatic rings. The minimum absolute atomic E-state index is 0.195. The Kier molecular flexibility index (Phi) is 2.69. The molecule has 76 valence electrons. The lowest BCUT2D eigenvalue weighted by Crippen LogP contribution is -2.11. The Hall–Kier alpha value is -1.07. The van der Waals surface area contributed by atoms with E-state index in [1.54, 1.807) is 7.11 Å². The predicted molar refractivity (Wildman–Crippen MR) is 54.2 cm³/mol. The lowest BCUT2D eigenvalue weighted by atomic mass is 10.2. The molecule has 2 N–H and O–H groups in total. The molecule has 1 unspecified atom stereocenters. The Bertz CT molecular complexity index is 348. The molecule has 4 nitrogen and oxygen atoms in total. The van der Waals surface area contributed by atoms with Crippen LogP contribution in [0.2, 0.25) is 0 Å². The molecule has 1 aromatic rings. The summed E-state index contributed by atoms with van der Waals surface area (Å²) in [5.74, 6) is 1.45. The van der Waals surface area contributed by atoms with Gasteiger partial charge in [0.15, 0.2) is 0 Å². The van der Waals surface area contributed by atoms with Crippen molar-refractivity contribution in [2.45, 2.75) is 12.5 Å². The van der Waals surface area contributed by atoms with Gasteiger partial charge in [0.05, 0.1) is 24.6 Å². The molecule has 0 saturated heterocycles. The van der Waals surface area contributed by atoms with Gasteiger partial charge >= 0.3 is 0 Å². The summed E-state index contributed by atoms with van der Waals surface area (Å²) in [5, 5.41) is 0. The summed E-state index contributed by atoms with van der Waals surface area (Å²) in [7, 11) is 1.59. The van der Waals surface area contributed by atoms with Crippen molar-refractivity contribution in [3.8, 4) is 5.88 Å². The van der Waals surface area contributed by atoms with Crippen LogP contribution < -0.4 is 10.5 Å². The first-order chi connectivity index (χ1) is 6.81. The summed E-state index contributed by atoms with van der Waals surface area (Å²) in [6, 6.07) is 1.65. The molecule has 1 aromatic heterocycles. The number of ether oxygens (including phenoxy) is 2. The van der Waals surface area contributed by atoms with Gasteiger partial charge in [0.25, 0.3) is 0 Å². The molecule has 0 radical (unpaired) electrons. The highest BCUT2D eigenvalue weighted by Gasteiger charge is 2.19. The lowest BCUT2D eigenvalue weighted by molar-refractivity contribution is 0.226. The monoisotopic (exact) mass is 212 g/mol. The molecule has 1 aliphatic heterocycles. The molecule has 0 spiro atoms. The zero-order valence-corrected chi connectivity index (χ0v) is 8.71. The first kappa shape index (κ1) is 9.48. The highest BCUT2D eigenvalue weighted by atomic mass is 32.1. The van der Waals surface area contributed by atoms with Gasteiger partial charge in [-0.05, 0) is 17.6 Å². The summed E-state index contributed by atoms with van der Waals surface area (Å²) < 4.78 is 14.5. The molecule has 2 rings (SSSR count). The topological polar surface area (TPSA) is 57.4 Å². The fourth-order valence-corrected chi connectivity index (χ4v) is 2.01. The van der Waals surface area contributed by atoms with Crippen molar-refractivity contribution in [2.75, 3.05) is 13.7 Å². The summed E-state index contributed by atoms with van der Waals surface area (Å²) in [5.41, 5.74) is 5.99. The molecule has 0 saturated carbocycles. The van der Waals surface area contributed by atoms with Crippen molar-refractivity contribution in [2.24, 2.45) is 5.73 Å². The van der Waals surface area contributed by atoms with Gasteiger partial charge in [-0.3, -0.25) is 0 Å². The van der Waals surface area contributed by atoms with Gasteiger partial charge in [0.2, 0.25) is 5.88 Å². The van der Waals surface area contributed by atoms with Gasteiger partial charge in [0.1, 0.15) is 5.76 Å². The van der Waals surface area contributed by atoms with E-state index in [1.807, 2.05) is 12.1 Å². The maximum atomic E-state index is 5.99. The van der Waals surface area contributed by atoms with E-state index >= 15 is 0 Å². The van der Waals surface area contributed by atoms with Crippen molar-refractivity contribution in [1.29, 1.82) is 0 Å². The van der Waals surface area contributed by atoms with Gasteiger partial charge in [-0.1, -0.05) is 0 Å². The zero-order chi connectivity index (χ0) is 9.97. The van der Waals surface area contributed by atoms with Gasteiger partial charge in [-0.15, -0.1) is 0 Å². The van der Waals surface area contributed by atoms with Crippen LogP contribution in [0.1, 0.15) is 17.3 Å². The third-order valence-corrected chi connectivity index (χ3v) is 2.91. The van der Waals surface area contributed by atoms with Gasteiger partial charge in [-0.25, -0.2) is 0 Å². The molecule has 14 heavy (non-hydrogen) atoms. The van der Waals surface area contributed by atoms with Crippen molar-refractivity contribution < 1.29 is 9.47 Å². The molecule has 0 aliphatic carbocycles. The summed E-state index contributed by atoms with van der Waals surface area (Å²) in [4.78, 5) is 0.968. The smallest absolute Gasteiger partial charge is 0.225 e. The summed E-state index contributed by atoms with van der Waals surface area (Å²) in [6.07, 6.45) is 2.97. The Morgan fingerprint density at radius 1 is 1.71 bits per heavy atom. The molecule has 2 heterocycles. The van der Waals surface area contributed by atoms with Gasteiger partial charge in [-0.2, -0.15) is 4.37 Å². The van der Waals surface area contributed by atoms with E-state index in [1.165, 1.54) is 11.5 Å². The second-order valence-electron chi connectivity index (χ2n) is 2.99. The molecule has 0 aromatic carbocycles. The maximum absolute atomic E-state index is 5.99. The SMILES string of the molecule is COc1cc(C(N)C2=CCCO2)sn1. The largest absolute Gasteiger partial charge is 0.496 e. The molecular weight excluding hydrogens is 200 g/mol. The molecule has 0 bridgehead atoms. The Labute approximate surface area is 86.5 Å². The maximum Gasteiger partial charge on any atom is 0.225 e. The fraction of sp³-hybridized carbons (Fsp3) is 0.444. The van der Waals surface area contributed by atoms with Crippen LogP contribution in [0.5, 0.6) is 5.88 Å². The number of rotatable bonds is 3. The number of nitrogens with zero attached hydrogens (tertiary/aromatic N) is 1. The zero-order valence-electron chi connectivity index (χ0n) is 7.90. The number of hydrogen-bond acceptors (Lipinski definition) is 5. The van der Waals surface area contributed by atoms with Crippen molar-refractivity contribution in [3.05, 3.63) is 22.8 Å². The Morgan fingerprint density at radius 3 is 3.14 bits per heavy atom. The van der Waals surface area contributed by atoms with Crippen LogP contribution in [0.4, 0.5) is 0 Å². The van der Waals surface area contributed by atoms with Crippen LogP contribution in [-0.2, 0) is 4.74 Å². The Balaban J connectivity index is 2.13. The number of methoxy groups -OCH3 is 1. The standard InChI is InChI=1S/C9H12N2O2S/c1-12-8-5-7(14-11-8)9(10)6-3-2-4-13-6/h3,5,9H,2,4,10H2,1H3. The van der Waals surface area contributed by atoms with Crippen molar-refractivity contribution in [3.63, 3.8) is 0 Å². The summed E-state index contributed by atoms with van der Waals surface area (Å²) >= 11 is 1.35. The van der Waals surface area contributed by atoms with E-state index in [-0.39, 0.29) is 6.04 Å². The van der Waals surface area contributed by atoms with Crippen LogP contribution in [0.25, 0.3) is 0 Å². The van der Waals surface area contributed by atoms with Crippen LogP contribution >= 0.6 is 11.5 Å². The van der Waals surface area contributed by atoms with Gasteiger partial charge in [0, 0.05) is 12.5 Å². The van der Waals surface area contributed by atoms with Crippen LogP contribution in [0, 0.1) is 0 Å². The first-order valence-electron chi connectivity index (χ1n) is 4.40. The van der Waals surface area contributed by atoms with Crippen LogP contribution in [0.3, 0.4) is 0 Å². The van der Waals surface area contributed by atoms with Crippen molar-refractivity contribution >= 4 is 11.5 Å². The number of aromatic nitrogens is 1. The molecule has 5 heteroatoms. The predicted octanol–water partition coefficient (Wildman–Crippen LogP) is 1.46. The normalized spacial score (nSPS) is 17.4. The second kappa shape index (κ2) is 3.98. The highest BCUT2D eigenvalue weighted by molar-refractivity contribution is 7.06. The highest BCUT2D eigenvalue weighted by Crippen LogP contribution is 2.29. The molecular formula is C9H12N2O2S. The first-order valence-corrected chi connectivity index (χ1v) is 5.17. The van der Waals surface area contributed by atoms with E-state index in [0.717, 1.165) is 23.7 Å². The number of hydrogen-bond donors (Lipinski definition) is 1. The molecule has 1 atom stereocenters. The third-order valence-electron chi connectivity index (χ3n) is 2.06. The average Bonchev–Trinajstić information content (AvgIpc) is 2.88.